The molecule has 0 aliphatic rings. The van der Waals surface area contributed by atoms with Crippen molar-refractivity contribution in [3.63, 3.8) is 0 Å². The van der Waals surface area contributed by atoms with Gasteiger partial charge in [0, 0.05) is 18.5 Å². The van der Waals surface area contributed by atoms with Gasteiger partial charge < -0.3 is 10.5 Å². The highest BCUT2D eigenvalue weighted by Crippen LogP contribution is 2.16. The van der Waals surface area contributed by atoms with Crippen molar-refractivity contribution < 1.29 is 14.3 Å². The highest BCUT2D eigenvalue weighted by molar-refractivity contribution is 5.91. The SMILES string of the molecule is C=C.CCC(=O)Cc1cc(C(=O)OC)ccc1N. The molecule has 4 heteroatoms. The van der Waals surface area contributed by atoms with Gasteiger partial charge in [-0.05, 0) is 23.8 Å². The van der Waals surface area contributed by atoms with E-state index < -0.39 is 5.97 Å². The Morgan fingerprint density at radius 2 is 1.94 bits per heavy atom. The summed E-state index contributed by atoms with van der Waals surface area (Å²) in [5.74, 6) is -0.334. The summed E-state index contributed by atoms with van der Waals surface area (Å²) >= 11 is 0. The fourth-order valence-corrected chi connectivity index (χ4v) is 1.34. The van der Waals surface area contributed by atoms with Gasteiger partial charge in [0.1, 0.15) is 5.78 Å². The van der Waals surface area contributed by atoms with E-state index in [1.807, 2.05) is 0 Å². The van der Waals surface area contributed by atoms with Crippen LogP contribution in [0.1, 0.15) is 29.3 Å². The number of ether oxygens (including phenoxy) is 1. The van der Waals surface area contributed by atoms with Gasteiger partial charge in [-0.2, -0.15) is 0 Å². The van der Waals surface area contributed by atoms with Crippen molar-refractivity contribution in [2.24, 2.45) is 0 Å². The highest BCUT2D eigenvalue weighted by Gasteiger charge is 2.10. The minimum Gasteiger partial charge on any atom is -0.465 e. The Balaban J connectivity index is 0.00000137. The zero-order valence-corrected chi connectivity index (χ0v) is 10.9. The standard InChI is InChI=1S/C12H15NO3.C2H4/c1-3-10(14)7-9-6-8(12(15)16-2)4-5-11(9)13;1-2/h4-6H,3,7,13H2,1-2H3;1-2H2. The molecule has 98 valence electrons. The number of hydrogen-bond donors (Lipinski definition) is 1. The molecule has 1 aromatic rings. The zero-order valence-electron chi connectivity index (χ0n) is 10.9. The summed E-state index contributed by atoms with van der Waals surface area (Å²) in [5, 5.41) is 0. The number of benzene rings is 1. The average Bonchev–Trinajstić information content (AvgIpc) is 2.42. The Morgan fingerprint density at radius 1 is 1.33 bits per heavy atom. The molecule has 0 radical (unpaired) electrons. The van der Waals surface area contributed by atoms with Crippen molar-refractivity contribution in [2.75, 3.05) is 12.8 Å². The molecular formula is C14H19NO3. The largest absolute Gasteiger partial charge is 0.465 e. The minimum atomic E-state index is -0.426. The van der Waals surface area contributed by atoms with Gasteiger partial charge >= 0.3 is 5.97 Å². The second kappa shape index (κ2) is 8.06. The number of nitrogens with two attached hydrogens (primary N) is 1. The van der Waals surface area contributed by atoms with Crippen molar-refractivity contribution in [3.05, 3.63) is 42.5 Å². The van der Waals surface area contributed by atoms with E-state index in [1.165, 1.54) is 7.11 Å². The van der Waals surface area contributed by atoms with E-state index >= 15 is 0 Å². The molecule has 0 aliphatic carbocycles. The molecule has 18 heavy (non-hydrogen) atoms. The molecule has 4 nitrogen and oxygen atoms in total. The Morgan fingerprint density at radius 3 is 2.44 bits per heavy atom. The number of rotatable bonds is 4. The third kappa shape index (κ3) is 4.41. The van der Waals surface area contributed by atoms with Crippen molar-refractivity contribution in [1.29, 1.82) is 0 Å². The lowest BCUT2D eigenvalue weighted by Crippen LogP contribution is -2.07. The third-order valence-corrected chi connectivity index (χ3v) is 2.35. The summed E-state index contributed by atoms with van der Waals surface area (Å²) in [5.41, 5.74) is 7.34. The van der Waals surface area contributed by atoms with E-state index in [4.69, 9.17) is 5.73 Å². The Bertz CT molecular complexity index is 427. The Hall–Kier alpha value is -2.10. The summed E-state index contributed by atoms with van der Waals surface area (Å²) in [4.78, 5) is 22.6. The van der Waals surface area contributed by atoms with Gasteiger partial charge in [-0.3, -0.25) is 4.79 Å². The van der Waals surface area contributed by atoms with Gasteiger partial charge in [-0.1, -0.05) is 6.92 Å². The van der Waals surface area contributed by atoms with E-state index in [1.54, 1.807) is 25.1 Å². The number of carbonyl (C=O) groups is 2. The predicted molar refractivity (Wildman–Crippen MR) is 72.4 cm³/mol. The normalized spacial score (nSPS) is 9.00. The first kappa shape index (κ1) is 15.9. The lowest BCUT2D eigenvalue weighted by molar-refractivity contribution is -0.118. The first-order valence-electron chi connectivity index (χ1n) is 5.57. The molecule has 0 amide bonds. The van der Waals surface area contributed by atoms with Gasteiger partial charge in [0.2, 0.25) is 0 Å². The molecule has 0 aliphatic heterocycles. The highest BCUT2D eigenvalue weighted by atomic mass is 16.5. The quantitative estimate of drug-likeness (QED) is 0.505. The molecule has 0 spiro atoms. The van der Waals surface area contributed by atoms with Crippen LogP contribution in [0, 0.1) is 0 Å². The lowest BCUT2D eigenvalue weighted by atomic mass is 10.0. The van der Waals surface area contributed by atoms with Crippen LogP contribution in [0.15, 0.2) is 31.4 Å². The van der Waals surface area contributed by atoms with Crippen LogP contribution in [0.3, 0.4) is 0 Å². The molecule has 0 fully saturated rings. The molecule has 0 atom stereocenters. The van der Waals surface area contributed by atoms with Crippen LogP contribution in [0.25, 0.3) is 0 Å². The van der Waals surface area contributed by atoms with E-state index in [9.17, 15) is 9.59 Å². The summed E-state index contributed by atoms with van der Waals surface area (Å²) in [6, 6.07) is 4.81. The number of anilines is 1. The third-order valence-electron chi connectivity index (χ3n) is 2.35. The lowest BCUT2D eigenvalue weighted by Gasteiger charge is -2.06. The maximum atomic E-state index is 11.3. The van der Waals surface area contributed by atoms with Gasteiger partial charge in [0.05, 0.1) is 12.7 Å². The Kier molecular flexibility index (Phi) is 7.12. The summed E-state index contributed by atoms with van der Waals surface area (Å²) < 4.78 is 4.60. The van der Waals surface area contributed by atoms with Crippen molar-refractivity contribution in [3.8, 4) is 0 Å². The minimum absolute atomic E-state index is 0.0914. The molecule has 0 saturated carbocycles. The molecule has 0 aromatic heterocycles. The van der Waals surface area contributed by atoms with Crippen LogP contribution in [-0.2, 0) is 16.0 Å². The van der Waals surface area contributed by atoms with Crippen LogP contribution in [0.5, 0.6) is 0 Å². The van der Waals surface area contributed by atoms with E-state index in [2.05, 4.69) is 17.9 Å². The van der Waals surface area contributed by atoms with Crippen molar-refractivity contribution in [1.82, 2.24) is 0 Å². The number of methoxy groups -OCH3 is 1. The zero-order chi connectivity index (χ0) is 14.1. The van der Waals surface area contributed by atoms with Crippen LogP contribution >= 0.6 is 0 Å². The van der Waals surface area contributed by atoms with E-state index in [0.29, 0.717) is 23.2 Å². The van der Waals surface area contributed by atoms with Crippen LogP contribution < -0.4 is 5.73 Å². The second-order valence-corrected chi connectivity index (χ2v) is 3.47. The average molecular weight is 249 g/mol. The topological polar surface area (TPSA) is 69.4 Å². The number of Topliss-reactive ketones (excluding diaryl/α,β-unsaturated/α-hetero) is 1. The summed E-state index contributed by atoms with van der Waals surface area (Å²) in [6.45, 7) is 7.79. The first-order chi connectivity index (χ1) is 8.58. The Labute approximate surface area is 107 Å². The maximum Gasteiger partial charge on any atom is 0.337 e. The van der Waals surface area contributed by atoms with Gasteiger partial charge in [-0.15, -0.1) is 13.2 Å². The molecular weight excluding hydrogens is 230 g/mol. The van der Waals surface area contributed by atoms with Gasteiger partial charge in [0.25, 0.3) is 0 Å². The van der Waals surface area contributed by atoms with E-state index in [-0.39, 0.29) is 12.2 Å². The monoisotopic (exact) mass is 249 g/mol. The first-order valence-corrected chi connectivity index (χ1v) is 5.57. The number of esters is 1. The van der Waals surface area contributed by atoms with Crippen LogP contribution in [0.2, 0.25) is 0 Å². The van der Waals surface area contributed by atoms with Crippen molar-refractivity contribution >= 4 is 17.4 Å². The molecule has 0 saturated heterocycles. The second-order valence-electron chi connectivity index (χ2n) is 3.47. The van der Waals surface area contributed by atoms with Crippen LogP contribution in [0.4, 0.5) is 5.69 Å². The number of nitrogen functional groups attached to an aromatic ring is 1. The van der Waals surface area contributed by atoms with Gasteiger partial charge in [-0.25, -0.2) is 4.79 Å². The van der Waals surface area contributed by atoms with E-state index in [0.717, 1.165) is 0 Å². The number of ketones is 1. The predicted octanol–water partition coefficient (Wildman–Crippen LogP) is 2.38. The fraction of sp³-hybridized carbons (Fsp3) is 0.286. The van der Waals surface area contributed by atoms with Gasteiger partial charge in [0.15, 0.2) is 0 Å². The molecule has 1 rings (SSSR count). The summed E-state index contributed by atoms with van der Waals surface area (Å²) in [7, 11) is 1.32. The van der Waals surface area contributed by atoms with Crippen LogP contribution in [-0.4, -0.2) is 18.9 Å². The smallest absolute Gasteiger partial charge is 0.337 e. The number of carbonyl (C=O) groups excluding carboxylic acids is 2. The molecule has 0 bridgehead atoms. The molecule has 0 heterocycles. The maximum absolute atomic E-state index is 11.3. The summed E-state index contributed by atoms with van der Waals surface area (Å²) in [6.07, 6.45) is 0.717. The number of hydrogen-bond acceptors (Lipinski definition) is 4. The fourth-order valence-electron chi connectivity index (χ4n) is 1.34. The molecule has 2 N–H and O–H groups in total. The van der Waals surface area contributed by atoms with Crippen molar-refractivity contribution in [2.45, 2.75) is 19.8 Å². The molecule has 0 unspecified atom stereocenters. The molecule has 1 aromatic carbocycles.